The molecule has 240 valence electrons. The molecule has 0 radical (unpaired) electrons. The van der Waals surface area contributed by atoms with Crippen molar-refractivity contribution in [1.29, 1.82) is 0 Å². The molecule has 0 aromatic carbocycles. The summed E-state index contributed by atoms with van der Waals surface area (Å²) in [5.41, 5.74) is 5.27. The summed E-state index contributed by atoms with van der Waals surface area (Å²) in [6.07, 6.45) is -4.16. The minimum atomic E-state index is -5.08. The molecule has 0 aromatic rings. The Labute approximate surface area is 235 Å². The van der Waals surface area contributed by atoms with E-state index >= 15 is 0 Å². The van der Waals surface area contributed by atoms with Gasteiger partial charge >= 0.3 is 18.1 Å². The Morgan fingerprint density at radius 3 is 1.59 bits per heavy atom. The summed E-state index contributed by atoms with van der Waals surface area (Å²) in [4.78, 5) is 54.5. The number of nitrogens with two attached hydrogens (primary N) is 1. The van der Waals surface area contributed by atoms with Crippen LogP contribution in [0.2, 0.25) is 0 Å². The molecule has 0 saturated heterocycles. The van der Waals surface area contributed by atoms with E-state index in [2.05, 4.69) is 16.0 Å². The van der Waals surface area contributed by atoms with E-state index < -0.39 is 12.1 Å². The summed E-state index contributed by atoms with van der Waals surface area (Å²) in [6, 6.07) is 0. The number of ether oxygens (including phenoxy) is 5. The van der Waals surface area contributed by atoms with Gasteiger partial charge in [-0.1, -0.05) is 0 Å². The first-order valence-electron chi connectivity index (χ1n) is 12.7. The van der Waals surface area contributed by atoms with Crippen LogP contribution in [0.4, 0.5) is 13.2 Å². The van der Waals surface area contributed by atoms with Crippen LogP contribution in [-0.2, 0) is 47.7 Å². The van der Waals surface area contributed by atoms with E-state index in [-0.39, 0.29) is 63.0 Å². The smallest absolute Gasteiger partial charge is 0.475 e. The second-order valence-corrected chi connectivity index (χ2v) is 7.63. The van der Waals surface area contributed by atoms with Crippen LogP contribution in [-0.4, -0.2) is 127 Å². The fraction of sp³-hybridized carbons (Fsp3) is 0.783. The van der Waals surface area contributed by atoms with Crippen LogP contribution < -0.4 is 21.7 Å². The molecule has 0 fully saturated rings. The number of halogens is 3. The molecule has 0 aliphatic carbocycles. The van der Waals surface area contributed by atoms with E-state index in [1.54, 1.807) is 6.92 Å². The second kappa shape index (κ2) is 27.1. The van der Waals surface area contributed by atoms with E-state index in [9.17, 15) is 32.3 Å². The summed E-state index contributed by atoms with van der Waals surface area (Å²) in [5.74, 6) is -3.71. The first-order chi connectivity index (χ1) is 19.4. The molecule has 0 unspecified atom stereocenters. The zero-order valence-electron chi connectivity index (χ0n) is 23.1. The Hall–Kier alpha value is -3.06. The van der Waals surface area contributed by atoms with Crippen LogP contribution in [0.15, 0.2) is 0 Å². The molecule has 0 heterocycles. The fourth-order valence-electron chi connectivity index (χ4n) is 2.32. The van der Waals surface area contributed by atoms with Gasteiger partial charge in [0.15, 0.2) is 0 Å². The first kappa shape index (κ1) is 40.1. The molecule has 3 amide bonds. The number of carbonyl (C=O) groups is 5. The van der Waals surface area contributed by atoms with Crippen molar-refractivity contribution >= 4 is 29.7 Å². The van der Waals surface area contributed by atoms with E-state index in [0.717, 1.165) is 0 Å². The lowest BCUT2D eigenvalue weighted by atomic mass is 10.2. The van der Waals surface area contributed by atoms with Gasteiger partial charge in [0, 0.05) is 39.0 Å². The topological polar surface area (TPSA) is 214 Å². The van der Waals surface area contributed by atoms with Crippen LogP contribution >= 0.6 is 0 Å². The molecule has 6 N–H and O–H groups in total. The molecule has 0 saturated carbocycles. The van der Waals surface area contributed by atoms with Gasteiger partial charge in [-0.3, -0.25) is 19.2 Å². The van der Waals surface area contributed by atoms with Crippen molar-refractivity contribution in [1.82, 2.24) is 16.0 Å². The highest BCUT2D eigenvalue weighted by molar-refractivity contribution is 5.77. The van der Waals surface area contributed by atoms with Gasteiger partial charge in [-0.15, -0.1) is 0 Å². The molecule has 0 aliphatic heterocycles. The fourth-order valence-corrected chi connectivity index (χ4v) is 2.32. The Balaban J connectivity index is 0. The Morgan fingerprint density at radius 2 is 1.15 bits per heavy atom. The Bertz CT molecular complexity index is 744. The van der Waals surface area contributed by atoms with Crippen LogP contribution in [0, 0.1) is 0 Å². The Morgan fingerprint density at radius 1 is 0.707 bits per heavy atom. The Kier molecular flexibility index (Phi) is 26.5. The number of alkyl halides is 3. The summed E-state index contributed by atoms with van der Waals surface area (Å²) >= 11 is 0. The lowest BCUT2D eigenvalue weighted by molar-refractivity contribution is -0.192. The molecule has 0 atom stereocenters. The van der Waals surface area contributed by atoms with E-state index in [0.29, 0.717) is 65.6 Å². The number of carboxylic acid groups (broad SMARTS) is 1. The minimum Gasteiger partial charge on any atom is -0.475 e. The van der Waals surface area contributed by atoms with Crippen LogP contribution in [0.25, 0.3) is 0 Å². The zero-order valence-corrected chi connectivity index (χ0v) is 23.1. The minimum absolute atomic E-state index is 0.0473. The predicted molar refractivity (Wildman–Crippen MR) is 136 cm³/mol. The molecule has 0 rings (SSSR count). The zero-order chi connectivity index (χ0) is 31.4. The molecule has 18 heteroatoms. The summed E-state index contributed by atoms with van der Waals surface area (Å²) in [6.45, 7) is 5.14. The predicted octanol–water partition coefficient (Wildman–Crippen LogP) is -1.27. The number of aliphatic carboxylic acids is 1. The number of carboxylic acids is 1. The molecular formula is C23H41F3N4O11. The molecule has 0 aliphatic rings. The van der Waals surface area contributed by atoms with Crippen molar-refractivity contribution in [3.63, 3.8) is 0 Å². The van der Waals surface area contributed by atoms with Crippen LogP contribution in [0.5, 0.6) is 0 Å². The van der Waals surface area contributed by atoms with Gasteiger partial charge in [-0.25, -0.2) is 4.79 Å². The number of hydrogen-bond donors (Lipinski definition) is 5. The van der Waals surface area contributed by atoms with Crippen molar-refractivity contribution < 1.29 is 65.9 Å². The van der Waals surface area contributed by atoms with Crippen molar-refractivity contribution in [2.24, 2.45) is 5.73 Å². The van der Waals surface area contributed by atoms with E-state index in [1.165, 1.54) is 0 Å². The average molecular weight is 607 g/mol. The largest absolute Gasteiger partial charge is 0.490 e. The number of carbonyl (C=O) groups excluding carboxylic acids is 4. The number of esters is 1. The third-order valence-electron chi connectivity index (χ3n) is 4.15. The number of amides is 3. The molecule has 0 aromatic heterocycles. The van der Waals surface area contributed by atoms with Gasteiger partial charge in [-0.2, -0.15) is 13.2 Å². The van der Waals surface area contributed by atoms with E-state index in [1.807, 2.05) is 0 Å². The highest BCUT2D eigenvalue weighted by Crippen LogP contribution is 2.13. The van der Waals surface area contributed by atoms with Gasteiger partial charge in [0.1, 0.15) is 13.2 Å². The van der Waals surface area contributed by atoms with Crippen molar-refractivity contribution in [2.75, 3.05) is 85.6 Å². The lowest BCUT2D eigenvalue weighted by Crippen LogP contribution is -2.32. The monoisotopic (exact) mass is 606 g/mol. The third-order valence-corrected chi connectivity index (χ3v) is 4.15. The maximum absolute atomic E-state index is 11.6. The van der Waals surface area contributed by atoms with Gasteiger partial charge in [-0.05, 0) is 13.3 Å². The normalized spacial score (nSPS) is 10.7. The van der Waals surface area contributed by atoms with Crippen LogP contribution in [0.3, 0.4) is 0 Å². The first-order valence-corrected chi connectivity index (χ1v) is 12.7. The SMILES string of the molecule is CCOC(=O)CCCC(=O)NCCOCCOCC(=O)NCCOCCOCC(=O)NCCN.O=C(O)C(F)(F)F. The van der Waals surface area contributed by atoms with Gasteiger partial charge in [0.05, 0.1) is 46.2 Å². The summed E-state index contributed by atoms with van der Waals surface area (Å²) in [7, 11) is 0. The highest BCUT2D eigenvalue weighted by atomic mass is 19.4. The third kappa shape index (κ3) is 31.3. The summed E-state index contributed by atoms with van der Waals surface area (Å²) < 4.78 is 57.5. The quantitative estimate of drug-likeness (QED) is 0.0680. The number of nitrogens with one attached hydrogen (secondary N) is 3. The van der Waals surface area contributed by atoms with Gasteiger partial charge in [0.25, 0.3) is 0 Å². The summed E-state index contributed by atoms with van der Waals surface area (Å²) in [5, 5.41) is 15.0. The maximum atomic E-state index is 11.6. The number of hydrogen-bond acceptors (Lipinski definition) is 11. The van der Waals surface area contributed by atoms with Gasteiger partial charge in [0.2, 0.25) is 17.7 Å². The second-order valence-electron chi connectivity index (χ2n) is 7.63. The number of rotatable bonds is 23. The molecule has 41 heavy (non-hydrogen) atoms. The van der Waals surface area contributed by atoms with Gasteiger partial charge < -0.3 is 50.5 Å². The highest BCUT2D eigenvalue weighted by Gasteiger charge is 2.38. The van der Waals surface area contributed by atoms with E-state index in [4.69, 9.17) is 39.3 Å². The molecular weight excluding hydrogens is 565 g/mol. The molecule has 0 bridgehead atoms. The lowest BCUT2D eigenvalue weighted by Gasteiger charge is -2.09. The average Bonchev–Trinajstić information content (AvgIpc) is 2.90. The molecule has 0 spiro atoms. The molecule has 15 nitrogen and oxygen atoms in total. The van der Waals surface area contributed by atoms with Crippen molar-refractivity contribution in [3.8, 4) is 0 Å². The maximum Gasteiger partial charge on any atom is 0.490 e. The van der Waals surface area contributed by atoms with Crippen LogP contribution in [0.1, 0.15) is 26.2 Å². The standard InChI is InChI=1S/C21H40N4O9.C2HF3O2/c1-2-34-21(29)5-3-4-18(26)24-8-10-30-12-15-33-17-20(28)25-9-11-31-13-14-32-16-19(27)23-7-6-22;3-2(4,5)1(6)7/h2-17,22H2,1H3,(H,23,27)(H,24,26)(H,25,28);(H,6,7). The van der Waals surface area contributed by atoms with Crippen molar-refractivity contribution in [3.05, 3.63) is 0 Å². The van der Waals surface area contributed by atoms with Crippen molar-refractivity contribution in [2.45, 2.75) is 32.4 Å².